The molecule has 0 spiro atoms. The van der Waals surface area contributed by atoms with E-state index in [1.807, 2.05) is 18.2 Å². The number of nitrogens with one attached hydrogen (secondary N) is 2. The highest BCUT2D eigenvalue weighted by molar-refractivity contribution is 5.92. The number of carbonyl (C=O) groups is 1. The van der Waals surface area contributed by atoms with Crippen LogP contribution >= 0.6 is 0 Å². The molecule has 0 aromatic heterocycles. The molecule has 0 bridgehead atoms. The predicted molar refractivity (Wildman–Crippen MR) is 83.0 cm³/mol. The molecular formula is C16H25N3O. The lowest BCUT2D eigenvalue weighted by Crippen LogP contribution is -2.58. The molecule has 1 aliphatic rings. The standard InChI is InChI=1S/C16H25N3O/c1-3-8-19(15-10-17-11-15)12-16(20)18-14-7-5-6-13(4-2)9-14/h5-7,9,15,17H,3-4,8,10-12H2,1-2H3,(H,18,20). The molecule has 1 amide bonds. The highest BCUT2D eigenvalue weighted by Crippen LogP contribution is 2.12. The minimum absolute atomic E-state index is 0.0820. The number of nitrogens with zero attached hydrogens (tertiary/aromatic N) is 1. The van der Waals surface area contributed by atoms with E-state index in [0.717, 1.165) is 38.2 Å². The van der Waals surface area contributed by atoms with E-state index in [-0.39, 0.29) is 5.91 Å². The lowest BCUT2D eigenvalue weighted by atomic mass is 10.1. The molecule has 0 aliphatic carbocycles. The number of carbonyl (C=O) groups excluding carboxylic acids is 1. The largest absolute Gasteiger partial charge is 0.325 e. The summed E-state index contributed by atoms with van der Waals surface area (Å²) in [5, 5.41) is 6.27. The average Bonchev–Trinajstić information content (AvgIpc) is 2.37. The molecule has 4 nitrogen and oxygen atoms in total. The Morgan fingerprint density at radius 3 is 2.80 bits per heavy atom. The number of rotatable bonds is 7. The first-order chi connectivity index (χ1) is 9.72. The summed E-state index contributed by atoms with van der Waals surface area (Å²) in [6.45, 7) is 7.73. The van der Waals surface area contributed by atoms with Crippen LogP contribution in [0, 0.1) is 0 Å². The van der Waals surface area contributed by atoms with Crippen molar-refractivity contribution in [3.8, 4) is 0 Å². The maximum Gasteiger partial charge on any atom is 0.238 e. The Morgan fingerprint density at radius 1 is 1.40 bits per heavy atom. The Bertz CT molecular complexity index is 443. The van der Waals surface area contributed by atoms with Crippen LogP contribution in [0.2, 0.25) is 0 Å². The Kier molecular flexibility index (Phi) is 5.56. The molecule has 2 N–H and O–H groups in total. The van der Waals surface area contributed by atoms with Crippen LogP contribution < -0.4 is 10.6 Å². The van der Waals surface area contributed by atoms with Gasteiger partial charge in [0.2, 0.25) is 5.91 Å². The van der Waals surface area contributed by atoms with Crippen molar-refractivity contribution < 1.29 is 4.79 Å². The van der Waals surface area contributed by atoms with Crippen LogP contribution in [0.3, 0.4) is 0 Å². The molecule has 1 aromatic rings. The quantitative estimate of drug-likeness (QED) is 0.798. The van der Waals surface area contributed by atoms with Gasteiger partial charge in [0.25, 0.3) is 0 Å². The molecule has 0 radical (unpaired) electrons. The second-order valence-electron chi connectivity index (χ2n) is 5.38. The average molecular weight is 275 g/mol. The van der Waals surface area contributed by atoms with Gasteiger partial charge in [-0.2, -0.15) is 0 Å². The van der Waals surface area contributed by atoms with Gasteiger partial charge in [0.15, 0.2) is 0 Å². The van der Waals surface area contributed by atoms with E-state index in [2.05, 4.69) is 35.4 Å². The molecule has 1 heterocycles. The summed E-state index contributed by atoms with van der Waals surface area (Å²) in [5.41, 5.74) is 2.15. The van der Waals surface area contributed by atoms with Gasteiger partial charge in [0.1, 0.15) is 0 Å². The van der Waals surface area contributed by atoms with Gasteiger partial charge in [0.05, 0.1) is 6.54 Å². The van der Waals surface area contributed by atoms with Crippen molar-refractivity contribution in [2.45, 2.75) is 32.7 Å². The molecule has 1 aliphatic heterocycles. The van der Waals surface area contributed by atoms with Crippen LogP contribution in [-0.2, 0) is 11.2 Å². The van der Waals surface area contributed by atoms with E-state index >= 15 is 0 Å². The zero-order chi connectivity index (χ0) is 14.4. The Hall–Kier alpha value is -1.39. The molecule has 0 atom stereocenters. The van der Waals surface area contributed by atoms with Crippen LogP contribution in [0.4, 0.5) is 5.69 Å². The summed E-state index contributed by atoms with van der Waals surface area (Å²) >= 11 is 0. The summed E-state index contributed by atoms with van der Waals surface area (Å²) in [6, 6.07) is 8.59. The fourth-order valence-electron chi connectivity index (χ4n) is 2.46. The lowest BCUT2D eigenvalue weighted by molar-refractivity contribution is -0.118. The summed E-state index contributed by atoms with van der Waals surface area (Å²) < 4.78 is 0. The molecule has 110 valence electrons. The Morgan fingerprint density at radius 2 is 2.20 bits per heavy atom. The number of hydrogen-bond acceptors (Lipinski definition) is 3. The molecule has 2 rings (SSSR count). The first kappa shape index (κ1) is 15.0. The number of anilines is 1. The van der Waals surface area contributed by atoms with E-state index in [1.54, 1.807) is 0 Å². The first-order valence-electron chi connectivity index (χ1n) is 7.56. The van der Waals surface area contributed by atoms with E-state index in [1.165, 1.54) is 5.56 Å². The third-order valence-electron chi connectivity index (χ3n) is 3.75. The van der Waals surface area contributed by atoms with Crippen LogP contribution in [0.5, 0.6) is 0 Å². The number of amides is 1. The zero-order valence-corrected chi connectivity index (χ0v) is 12.5. The van der Waals surface area contributed by atoms with Crippen LogP contribution in [0.15, 0.2) is 24.3 Å². The Labute approximate surface area is 121 Å². The molecule has 0 saturated carbocycles. The van der Waals surface area contributed by atoms with Crippen molar-refractivity contribution >= 4 is 11.6 Å². The monoisotopic (exact) mass is 275 g/mol. The summed E-state index contributed by atoms with van der Waals surface area (Å²) in [5.74, 6) is 0.0820. The summed E-state index contributed by atoms with van der Waals surface area (Å²) in [6.07, 6.45) is 2.06. The molecule has 1 aromatic carbocycles. The smallest absolute Gasteiger partial charge is 0.238 e. The van der Waals surface area contributed by atoms with Gasteiger partial charge in [-0.3, -0.25) is 9.69 Å². The lowest BCUT2D eigenvalue weighted by Gasteiger charge is -2.37. The van der Waals surface area contributed by atoms with Crippen LogP contribution in [0.1, 0.15) is 25.8 Å². The highest BCUT2D eigenvalue weighted by atomic mass is 16.2. The number of aryl methyl sites for hydroxylation is 1. The van der Waals surface area contributed by atoms with Crippen molar-refractivity contribution in [2.24, 2.45) is 0 Å². The second-order valence-corrected chi connectivity index (χ2v) is 5.38. The van der Waals surface area contributed by atoms with E-state index in [9.17, 15) is 4.79 Å². The topological polar surface area (TPSA) is 44.4 Å². The maximum atomic E-state index is 12.2. The molecule has 20 heavy (non-hydrogen) atoms. The Balaban J connectivity index is 1.89. The van der Waals surface area contributed by atoms with Gasteiger partial charge < -0.3 is 10.6 Å². The van der Waals surface area contributed by atoms with Gasteiger partial charge in [-0.25, -0.2) is 0 Å². The van der Waals surface area contributed by atoms with E-state index < -0.39 is 0 Å². The molecule has 0 unspecified atom stereocenters. The molecule has 1 fully saturated rings. The zero-order valence-electron chi connectivity index (χ0n) is 12.5. The van der Waals surface area contributed by atoms with Gasteiger partial charge in [-0.15, -0.1) is 0 Å². The SMILES string of the molecule is CCCN(CC(=O)Nc1cccc(CC)c1)C1CNC1. The summed E-state index contributed by atoms with van der Waals surface area (Å²) in [7, 11) is 0. The predicted octanol–water partition coefficient (Wildman–Crippen LogP) is 1.87. The first-order valence-corrected chi connectivity index (χ1v) is 7.56. The molecule has 4 heteroatoms. The van der Waals surface area contributed by atoms with Crippen molar-refractivity contribution in [1.29, 1.82) is 0 Å². The van der Waals surface area contributed by atoms with Crippen LogP contribution in [0.25, 0.3) is 0 Å². The third-order valence-corrected chi connectivity index (χ3v) is 3.75. The normalized spacial score (nSPS) is 15.2. The maximum absolute atomic E-state index is 12.2. The molecular weight excluding hydrogens is 250 g/mol. The van der Waals surface area contributed by atoms with Gasteiger partial charge in [0, 0.05) is 24.8 Å². The van der Waals surface area contributed by atoms with Crippen molar-refractivity contribution in [2.75, 3.05) is 31.5 Å². The van der Waals surface area contributed by atoms with Crippen molar-refractivity contribution in [1.82, 2.24) is 10.2 Å². The second kappa shape index (κ2) is 7.41. The van der Waals surface area contributed by atoms with Gasteiger partial charge in [-0.05, 0) is 37.1 Å². The van der Waals surface area contributed by atoms with Gasteiger partial charge in [-0.1, -0.05) is 26.0 Å². The van der Waals surface area contributed by atoms with E-state index in [0.29, 0.717) is 12.6 Å². The van der Waals surface area contributed by atoms with Crippen LogP contribution in [-0.4, -0.2) is 43.0 Å². The minimum Gasteiger partial charge on any atom is -0.325 e. The van der Waals surface area contributed by atoms with Crippen molar-refractivity contribution in [3.63, 3.8) is 0 Å². The fraction of sp³-hybridized carbons (Fsp3) is 0.562. The van der Waals surface area contributed by atoms with Crippen molar-refractivity contribution in [3.05, 3.63) is 29.8 Å². The highest BCUT2D eigenvalue weighted by Gasteiger charge is 2.25. The number of benzene rings is 1. The molecule has 1 saturated heterocycles. The minimum atomic E-state index is 0.0820. The fourth-order valence-corrected chi connectivity index (χ4v) is 2.46. The van der Waals surface area contributed by atoms with E-state index in [4.69, 9.17) is 0 Å². The number of hydrogen-bond donors (Lipinski definition) is 2. The van der Waals surface area contributed by atoms with Gasteiger partial charge >= 0.3 is 0 Å². The third kappa shape index (κ3) is 4.05. The summed E-state index contributed by atoms with van der Waals surface area (Å²) in [4.78, 5) is 14.4.